The smallest absolute Gasteiger partial charge is 0.410 e. The van der Waals surface area contributed by atoms with Crippen LogP contribution < -0.4 is 0 Å². The van der Waals surface area contributed by atoms with E-state index in [0.29, 0.717) is 31.6 Å². The van der Waals surface area contributed by atoms with Gasteiger partial charge in [0.05, 0.1) is 18.7 Å². The number of hydrogen-bond acceptors (Lipinski definition) is 5. The highest BCUT2D eigenvalue weighted by Crippen LogP contribution is 2.33. The minimum Gasteiger partial charge on any atom is -0.439 e. The summed E-state index contributed by atoms with van der Waals surface area (Å²) >= 11 is 1.45. The normalized spacial score (nSPS) is 24.8. The summed E-state index contributed by atoms with van der Waals surface area (Å²) in [4.78, 5) is 31.8. The zero-order chi connectivity index (χ0) is 15.0. The largest absolute Gasteiger partial charge is 0.439 e. The van der Waals surface area contributed by atoms with Gasteiger partial charge in [-0.25, -0.2) is 9.78 Å². The van der Waals surface area contributed by atoms with Crippen LogP contribution in [-0.4, -0.2) is 65.3 Å². The van der Waals surface area contributed by atoms with Crippen molar-refractivity contribution in [3.63, 3.8) is 0 Å². The second-order valence-electron chi connectivity index (χ2n) is 5.44. The molecule has 0 bridgehead atoms. The molecule has 1 atom stereocenters. The Bertz CT molecular complexity index is 595. The molecule has 0 N–H and O–H groups in total. The summed E-state index contributed by atoms with van der Waals surface area (Å²) in [6.07, 6.45) is 3.96. The van der Waals surface area contributed by atoms with Gasteiger partial charge in [0.2, 0.25) is 0 Å². The number of likely N-dealkylation sites (N-methyl/N-ethyl adjacent to an activating group) is 1. The Balaban J connectivity index is 1.77. The van der Waals surface area contributed by atoms with Gasteiger partial charge in [-0.15, -0.1) is 11.8 Å². The summed E-state index contributed by atoms with van der Waals surface area (Å²) in [5, 5.41) is 0.726. The van der Waals surface area contributed by atoms with Crippen LogP contribution >= 0.6 is 11.8 Å². The van der Waals surface area contributed by atoms with Gasteiger partial charge in [0.1, 0.15) is 5.03 Å². The number of thioether (sulfide) groups is 1. The number of ether oxygens (including phenoxy) is 1. The highest BCUT2D eigenvalue weighted by molar-refractivity contribution is 7.98. The molecule has 2 aliphatic rings. The molecule has 1 aromatic heterocycles. The SMILES string of the molecule is CSc1ncccc1C(=O)N1CC[C@@]2(CN(C)C(=O)O2)C1. The Labute approximate surface area is 127 Å². The summed E-state index contributed by atoms with van der Waals surface area (Å²) in [5.74, 6) is -0.0464. The Morgan fingerprint density at radius 2 is 2.29 bits per heavy atom. The minimum absolute atomic E-state index is 0.0464. The van der Waals surface area contributed by atoms with Gasteiger partial charge in [-0.05, 0) is 18.4 Å². The first-order valence-electron chi connectivity index (χ1n) is 6.77. The van der Waals surface area contributed by atoms with Crippen LogP contribution in [0, 0.1) is 0 Å². The van der Waals surface area contributed by atoms with Crippen LogP contribution in [0.25, 0.3) is 0 Å². The molecule has 1 aromatic rings. The van der Waals surface area contributed by atoms with Gasteiger partial charge in [0, 0.05) is 26.2 Å². The van der Waals surface area contributed by atoms with Crippen LogP contribution in [0.4, 0.5) is 4.79 Å². The van der Waals surface area contributed by atoms with Crippen LogP contribution in [-0.2, 0) is 4.74 Å². The van der Waals surface area contributed by atoms with Gasteiger partial charge >= 0.3 is 6.09 Å². The van der Waals surface area contributed by atoms with Crippen LogP contribution in [0.3, 0.4) is 0 Å². The average molecular weight is 307 g/mol. The lowest BCUT2D eigenvalue weighted by Crippen LogP contribution is -2.39. The second kappa shape index (κ2) is 5.22. The van der Waals surface area contributed by atoms with Crippen molar-refractivity contribution in [1.82, 2.24) is 14.8 Å². The maximum Gasteiger partial charge on any atom is 0.410 e. The van der Waals surface area contributed by atoms with Crippen molar-refractivity contribution >= 4 is 23.8 Å². The summed E-state index contributed by atoms with van der Waals surface area (Å²) < 4.78 is 5.47. The maximum absolute atomic E-state index is 12.6. The molecule has 3 rings (SSSR count). The number of carbonyl (C=O) groups is 2. The molecule has 21 heavy (non-hydrogen) atoms. The third kappa shape index (κ3) is 2.46. The predicted octanol–water partition coefficient (Wildman–Crippen LogP) is 1.47. The van der Waals surface area contributed by atoms with E-state index in [2.05, 4.69) is 4.98 Å². The number of aromatic nitrogens is 1. The molecular weight excluding hydrogens is 290 g/mol. The average Bonchev–Trinajstić information content (AvgIpc) is 3.02. The maximum atomic E-state index is 12.6. The molecule has 3 heterocycles. The second-order valence-corrected chi connectivity index (χ2v) is 6.24. The molecule has 0 aromatic carbocycles. The first kappa shape index (κ1) is 14.2. The molecule has 0 saturated carbocycles. The van der Waals surface area contributed by atoms with Gasteiger partial charge in [-0.1, -0.05) is 0 Å². The van der Waals surface area contributed by atoms with Crippen molar-refractivity contribution in [1.29, 1.82) is 0 Å². The summed E-state index contributed by atoms with van der Waals surface area (Å²) in [6.45, 7) is 1.59. The van der Waals surface area contributed by atoms with E-state index < -0.39 is 5.60 Å². The molecule has 7 heteroatoms. The zero-order valence-corrected chi connectivity index (χ0v) is 12.9. The molecule has 2 aliphatic heterocycles. The van der Waals surface area contributed by atoms with Gasteiger partial charge in [0.25, 0.3) is 5.91 Å². The van der Waals surface area contributed by atoms with Crippen molar-refractivity contribution in [2.45, 2.75) is 17.0 Å². The van der Waals surface area contributed by atoms with E-state index in [0.717, 1.165) is 5.03 Å². The monoisotopic (exact) mass is 307 g/mol. The fourth-order valence-corrected chi connectivity index (χ4v) is 3.45. The number of nitrogens with zero attached hydrogens (tertiary/aromatic N) is 3. The minimum atomic E-state index is -0.538. The third-order valence-electron chi connectivity index (χ3n) is 3.94. The molecule has 1 spiro atoms. The van der Waals surface area contributed by atoms with Gasteiger partial charge in [-0.3, -0.25) is 4.79 Å². The van der Waals surface area contributed by atoms with Gasteiger partial charge in [0.15, 0.2) is 5.60 Å². The number of likely N-dealkylation sites (tertiary alicyclic amines) is 1. The van der Waals surface area contributed by atoms with Crippen LogP contribution in [0.1, 0.15) is 16.8 Å². The van der Waals surface area contributed by atoms with E-state index in [4.69, 9.17) is 4.74 Å². The Morgan fingerprint density at radius 1 is 1.48 bits per heavy atom. The summed E-state index contributed by atoms with van der Waals surface area (Å²) in [6, 6.07) is 3.56. The van der Waals surface area contributed by atoms with Crippen molar-refractivity contribution in [2.75, 3.05) is 32.9 Å². The molecule has 0 aliphatic carbocycles. The summed E-state index contributed by atoms with van der Waals surface area (Å²) in [7, 11) is 1.72. The highest BCUT2D eigenvalue weighted by Gasteiger charge is 2.49. The molecule has 2 amide bonds. The molecule has 0 unspecified atom stereocenters. The van der Waals surface area contributed by atoms with Crippen molar-refractivity contribution in [2.24, 2.45) is 0 Å². The molecular formula is C14H17N3O3S. The molecule has 0 radical (unpaired) electrons. The lowest BCUT2D eigenvalue weighted by Gasteiger charge is -2.22. The lowest BCUT2D eigenvalue weighted by atomic mass is 10.0. The van der Waals surface area contributed by atoms with E-state index in [9.17, 15) is 9.59 Å². The quantitative estimate of drug-likeness (QED) is 0.774. The fraction of sp³-hybridized carbons (Fsp3) is 0.500. The number of amides is 2. The van der Waals surface area contributed by atoms with Crippen LogP contribution in [0.15, 0.2) is 23.4 Å². The predicted molar refractivity (Wildman–Crippen MR) is 78.4 cm³/mol. The summed E-state index contributed by atoms with van der Waals surface area (Å²) in [5.41, 5.74) is 0.0724. The van der Waals surface area contributed by atoms with Crippen molar-refractivity contribution in [3.8, 4) is 0 Å². The molecule has 6 nitrogen and oxygen atoms in total. The van der Waals surface area contributed by atoms with E-state index in [-0.39, 0.29) is 12.0 Å². The van der Waals surface area contributed by atoms with Gasteiger partial charge in [-0.2, -0.15) is 0 Å². The number of carbonyl (C=O) groups excluding carboxylic acids is 2. The third-order valence-corrected chi connectivity index (χ3v) is 4.65. The first-order chi connectivity index (χ1) is 10.0. The molecule has 112 valence electrons. The highest BCUT2D eigenvalue weighted by atomic mass is 32.2. The van der Waals surface area contributed by atoms with Gasteiger partial charge < -0.3 is 14.5 Å². The van der Waals surface area contributed by atoms with E-state index in [1.54, 1.807) is 35.2 Å². The Morgan fingerprint density at radius 3 is 2.95 bits per heavy atom. The molecule has 2 fully saturated rings. The van der Waals surface area contributed by atoms with Crippen LogP contribution in [0.2, 0.25) is 0 Å². The fourth-order valence-electron chi connectivity index (χ4n) is 2.91. The number of rotatable bonds is 2. The topological polar surface area (TPSA) is 62.7 Å². The van der Waals surface area contributed by atoms with E-state index in [1.807, 2.05) is 6.26 Å². The van der Waals surface area contributed by atoms with Crippen molar-refractivity contribution < 1.29 is 14.3 Å². The number of hydrogen-bond donors (Lipinski definition) is 0. The van der Waals surface area contributed by atoms with E-state index >= 15 is 0 Å². The Hall–Kier alpha value is -1.76. The standard InChI is InChI=1S/C14H17N3O3S/c1-16-8-14(20-13(16)19)5-7-17(9-14)12(18)10-4-3-6-15-11(10)21-2/h3-4,6H,5,7-9H2,1-2H3/t14-/m1/s1. The molecule has 2 saturated heterocycles. The number of pyridine rings is 1. The lowest BCUT2D eigenvalue weighted by molar-refractivity contribution is 0.0551. The Kier molecular flexibility index (Phi) is 3.52. The van der Waals surface area contributed by atoms with Crippen LogP contribution in [0.5, 0.6) is 0 Å². The first-order valence-corrected chi connectivity index (χ1v) is 7.99. The zero-order valence-electron chi connectivity index (χ0n) is 12.0. The van der Waals surface area contributed by atoms with E-state index in [1.165, 1.54) is 11.8 Å². The van der Waals surface area contributed by atoms with Crippen molar-refractivity contribution in [3.05, 3.63) is 23.9 Å².